The molecule has 0 radical (unpaired) electrons. The molecule has 2 aliphatic carbocycles. The van der Waals surface area contributed by atoms with Crippen molar-refractivity contribution in [3.8, 4) is 0 Å². The molecule has 0 aromatic carbocycles. The fourth-order valence-electron chi connectivity index (χ4n) is 5.06. The first-order valence-corrected chi connectivity index (χ1v) is 13.0. The van der Waals surface area contributed by atoms with Gasteiger partial charge >= 0.3 is 0 Å². The SMILES string of the molecule is C[C@@H]1CCc2c(sc3nc(SCCN4CCOCC4)n(C4CCCC4)c(=O)c23)C1. The summed E-state index contributed by atoms with van der Waals surface area (Å²) in [5, 5.41) is 1.90. The Morgan fingerprint density at radius 3 is 2.79 bits per heavy atom. The zero-order valence-electron chi connectivity index (χ0n) is 17.3. The third kappa shape index (κ3) is 4.03. The molecule has 3 aliphatic rings. The van der Waals surface area contributed by atoms with Crippen LogP contribution in [0.1, 0.15) is 55.5 Å². The number of hydrogen-bond acceptors (Lipinski definition) is 6. The molecular weight excluding hydrogens is 402 g/mol. The Labute approximate surface area is 180 Å². The monoisotopic (exact) mass is 433 g/mol. The van der Waals surface area contributed by atoms with Crippen LogP contribution >= 0.6 is 23.1 Å². The Morgan fingerprint density at radius 2 is 2.00 bits per heavy atom. The van der Waals surface area contributed by atoms with Crippen molar-refractivity contribution >= 4 is 33.3 Å². The van der Waals surface area contributed by atoms with Crippen LogP contribution in [-0.4, -0.2) is 53.1 Å². The number of nitrogens with zero attached hydrogens (tertiary/aromatic N) is 3. The highest BCUT2D eigenvalue weighted by Gasteiger charge is 2.28. The molecule has 1 saturated heterocycles. The van der Waals surface area contributed by atoms with Crippen molar-refractivity contribution in [2.24, 2.45) is 5.92 Å². The smallest absolute Gasteiger partial charge is 0.263 e. The number of ether oxygens (including phenoxy) is 1. The van der Waals surface area contributed by atoms with Gasteiger partial charge in [-0.2, -0.15) is 0 Å². The third-order valence-electron chi connectivity index (χ3n) is 6.76. The van der Waals surface area contributed by atoms with Gasteiger partial charge in [-0.15, -0.1) is 11.3 Å². The predicted molar refractivity (Wildman–Crippen MR) is 121 cm³/mol. The second-order valence-electron chi connectivity index (χ2n) is 8.84. The van der Waals surface area contributed by atoms with Crippen LogP contribution in [0.2, 0.25) is 0 Å². The van der Waals surface area contributed by atoms with Gasteiger partial charge < -0.3 is 4.74 Å². The zero-order valence-corrected chi connectivity index (χ0v) is 19.0. The minimum Gasteiger partial charge on any atom is -0.379 e. The van der Waals surface area contributed by atoms with E-state index in [4.69, 9.17) is 9.72 Å². The van der Waals surface area contributed by atoms with Gasteiger partial charge in [0.15, 0.2) is 5.16 Å². The highest BCUT2D eigenvalue weighted by atomic mass is 32.2. The molecule has 3 heterocycles. The van der Waals surface area contributed by atoms with Crippen LogP contribution in [0.4, 0.5) is 0 Å². The number of morpholine rings is 1. The fourth-order valence-corrected chi connectivity index (χ4v) is 7.55. The van der Waals surface area contributed by atoms with Crippen LogP contribution in [0.15, 0.2) is 9.95 Å². The second kappa shape index (κ2) is 8.69. The number of aryl methyl sites for hydroxylation is 1. The molecule has 2 aromatic rings. The van der Waals surface area contributed by atoms with Gasteiger partial charge in [0.2, 0.25) is 0 Å². The van der Waals surface area contributed by atoms with E-state index in [0.29, 0.717) is 6.04 Å². The van der Waals surface area contributed by atoms with E-state index in [1.165, 1.54) is 29.7 Å². The Bertz CT molecular complexity index is 926. The van der Waals surface area contributed by atoms with Crippen LogP contribution in [0.25, 0.3) is 10.2 Å². The van der Waals surface area contributed by atoms with E-state index < -0.39 is 0 Å². The highest BCUT2D eigenvalue weighted by molar-refractivity contribution is 7.99. The second-order valence-corrected chi connectivity index (χ2v) is 11.0. The molecule has 7 heteroatoms. The van der Waals surface area contributed by atoms with Gasteiger partial charge in [0.25, 0.3) is 5.56 Å². The molecule has 158 valence electrons. The molecule has 1 saturated carbocycles. The van der Waals surface area contributed by atoms with Crippen molar-refractivity contribution in [3.63, 3.8) is 0 Å². The summed E-state index contributed by atoms with van der Waals surface area (Å²) in [4.78, 5) is 23.7. The average Bonchev–Trinajstić information content (AvgIpc) is 3.36. The quantitative estimate of drug-likeness (QED) is 0.524. The van der Waals surface area contributed by atoms with Crippen molar-refractivity contribution in [1.82, 2.24) is 14.5 Å². The molecule has 1 aliphatic heterocycles. The van der Waals surface area contributed by atoms with Crippen molar-refractivity contribution in [3.05, 3.63) is 20.8 Å². The standard InChI is InChI=1S/C22H31N3O2S2/c1-15-6-7-17-18(14-15)29-20-19(17)21(26)25(16-4-2-3-5-16)22(23-20)28-13-10-24-8-11-27-12-9-24/h15-16H,2-14H2,1H3/t15-/m1/s1. The topological polar surface area (TPSA) is 47.4 Å². The van der Waals surface area contributed by atoms with E-state index in [9.17, 15) is 4.79 Å². The van der Waals surface area contributed by atoms with E-state index in [2.05, 4.69) is 16.4 Å². The van der Waals surface area contributed by atoms with Crippen LogP contribution in [0, 0.1) is 5.92 Å². The van der Waals surface area contributed by atoms with Gasteiger partial charge in [-0.3, -0.25) is 14.3 Å². The Hall–Kier alpha value is -0.890. The highest BCUT2D eigenvalue weighted by Crippen LogP contribution is 2.38. The Balaban J connectivity index is 1.47. The molecule has 5 nitrogen and oxygen atoms in total. The van der Waals surface area contributed by atoms with Gasteiger partial charge in [-0.1, -0.05) is 31.5 Å². The van der Waals surface area contributed by atoms with Crippen molar-refractivity contribution in [1.29, 1.82) is 0 Å². The molecule has 0 unspecified atom stereocenters. The maximum atomic E-state index is 13.7. The van der Waals surface area contributed by atoms with Gasteiger partial charge in [-0.25, -0.2) is 4.98 Å². The van der Waals surface area contributed by atoms with E-state index in [0.717, 1.165) is 85.6 Å². The maximum Gasteiger partial charge on any atom is 0.263 e. The zero-order chi connectivity index (χ0) is 19.8. The van der Waals surface area contributed by atoms with Crippen LogP contribution < -0.4 is 5.56 Å². The lowest BCUT2D eigenvalue weighted by molar-refractivity contribution is 0.0410. The molecular formula is C22H31N3O2S2. The number of fused-ring (bicyclic) bond motifs is 3. The van der Waals surface area contributed by atoms with Gasteiger partial charge in [0.1, 0.15) is 4.83 Å². The van der Waals surface area contributed by atoms with Crippen molar-refractivity contribution < 1.29 is 4.74 Å². The summed E-state index contributed by atoms with van der Waals surface area (Å²) < 4.78 is 7.54. The first kappa shape index (κ1) is 20.0. The summed E-state index contributed by atoms with van der Waals surface area (Å²) in [6, 6.07) is 0.336. The normalized spacial score (nSPS) is 23.7. The Morgan fingerprint density at radius 1 is 1.21 bits per heavy atom. The number of rotatable bonds is 5. The molecule has 29 heavy (non-hydrogen) atoms. The largest absolute Gasteiger partial charge is 0.379 e. The minimum absolute atomic E-state index is 0.239. The maximum absolute atomic E-state index is 13.7. The van der Waals surface area contributed by atoms with Crippen LogP contribution in [0.5, 0.6) is 0 Å². The lowest BCUT2D eigenvalue weighted by Gasteiger charge is -2.26. The average molecular weight is 434 g/mol. The molecule has 0 N–H and O–H groups in total. The molecule has 0 spiro atoms. The summed E-state index contributed by atoms with van der Waals surface area (Å²) >= 11 is 3.56. The summed E-state index contributed by atoms with van der Waals surface area (Å²) in [6.45, 7) is 7.05. The number of hydrogen-bond donors (Lipinski definition) is 0. The van der Waals surface area contributed by atoms with Crippen LogP contribution in [-0.2, 0) is 17.6 Å². The summed E-state index contributed by atoms with van der Waals surface area (Å²) in [5.41, 5.74) is 1.56. The van der Waals surface area contributed by atoms with Crippen LogP contribution in [0.3, 0.4) is 0 Å². The summed E-state index contributed by atoms with van der Waals surface area (Å²) in [5.74, 6) is 1.70. The number of aromatic nitrogens is 2. The molecule has 0 amide bonds. The first-order chi connectivity index (χ1) is 14.2. The van der Waals surface area contributed by atoms with Crippen molar-refractivity contribution in [2.75, 3.05) is 38.6 Å². The molecule has 0 bridgehead atoms. The minimum atomic E-state index is 0.239. The van der Waals surface area contributed by atoms with Crippen molar-refractivity contribution in [2.45, 2.75) is 63.1 Å². The fraction of sp³-hybridized carbons (Fsp3) is 0.727. The number of thiophene rings is 1. The Kier molecular flexibility index (Phi) is 6.01. The van der Waals surface area contributed by atoms with Gasteiger partial charge in [-0.05, 0) is 43.6 Å². The summed E-state index contributed by atoms with van der Waals surface area (Å²) in [7, 11) is 0. The van der Waals surface area contributed by atoms with E-state index in [1.54, 1.807) is 23.1 Å². The predicted octanol–water partition coefficient (Wildman–Crippen LogP) is 4.12. The van der Waals surface area contributed by atoms with E-state index in [-0.39, 0.29) is 5.56 Å². The summed E-state index contributed by atoms with van der Waals surface area (Å²) in [6.07, 6.45) is 8.04. The van der Waals surface area contributed by atoms with Gasteiger partial charge in [0, 0.05) is 36.3 Å². The van der Waals surface area contributed by atoms with Gasteiger partial charge in [0.05, 0.1) is 18.6 Å². The number of thioether (sulfide) groups is 1. The lowest BCUT2D eigenvalue weighted by atomic mass is 9.89. The van der Waals surface area contributed by atoms with E-state index in [1.807, 2.05) is 0 Å². The lowest BCUT2D eigenvalue weighted by Crippen LogP contribution is -2.37. The molecule has 2 fully saturated rings. The molecule has 2 aromatic heterocycles. The molecule has 1 atom stereocenters. The third-order valence-corrected chi connectivity index (χ3v) is 8.84. The molecule has 5 rings (SSSR count). The first-order valence-electron chi connectivity index (χ1n) is 11.2. The van der Waals surface area contributed by atoms with E-state index >= 15 is 0 Å².